The first-order chi connectivity index (χ1) is 10.2. The van der Waals surface area contributed by atoms with E-state index in [0.717, 1.165) is 27.7 Å². The molecule has 0 bridgehead atoms. The third-order valence-corrected chi connectivity index (χ3v) is 5.23. The first-order valence-electron chi connectivity index (χ1n) is 6.71. The molecular formula is C17H16N2S2. The molecular weight excluding hydrogens is 296 g/mol. The Morgan fingerprint density at radius 1 is 1.10 bits per heavy atom. The summed E-state index contributed by atoms with van der Waals surface area (Å²) in [5.41, 5.74) is 10.1. The number of rotatable bonds is 4. The van der Waals surface area contributed by atoms with Crippen LogP contribution in [0.3, 0.4) is 0 Å². The molecule has 0 amide bonds. The Morgan fingerprint density at radius 2 is 1.86 bits per heavy atom. The molecule has 3 rings (SSSR count). The Hall–Kier alpha value is -1.78. The fourth-order valence-electron chi connectivity index (χ4n) is 2.01. The summed E-state index contributed by atoms with van der Waals surface area (Å²) in [5, 5.41) is 3.20. The number of hydrogen-bond acceptors (Lipinski definition) is 4. The molecule has 21 heavy (non-hydrogen) atoms. The first-order valence-corrected chi connectivity index (χ1v) is 8.57. The molecule has 0 unspecified atom stereocenters. The number of anilines is 1. The molecule has 1 heterocycles. The maximum absolute atomic E-state index is 6.00. The van der Waals surface area contributed by atoms with Crippen molar-refractivity contribution in [3.63, 3.8) is 0 Å². The van der Waals surface area contributed by atoms with Gasteiger partial charge >= 0.3 is 0 Å². The summed E-state index contributed by atoms with van der Waals surface area (Å²) in [5.74, 6) is 0.889. The van der Waals surface area contributed by atoms with Crippen LogP contribution in [0.4, 0.5) is 5.69 Å². The summed E-state index contributed by atoms with van der Waals surface area (Å²) < 4.78 is 0. The van der Waals surface area contributed by atoms with E-state index < -0.39 is 0 Å². The average molecular weight is 312 g/mol. The molecule has 2 aromatic carbocycles. The van der Waals surface area contributed by atoms with Crippen molar-refractivity contribution in [2.24, 2.45) is 0 Å². The minimum Gasteiger partial charge on any atom is -0.398 e. The van der Waals surface area contributed by atoms with Gasteiger partial charge in [-0.2, -0.15) is 0 Å². The van der Waals surface area contributed by atoms with Gasteiger partial charge in [0.15, 0.2) is 0 Å². The molecule has 0 radical (unpaired) electrons. The van der Waals surface area contributed by atoms with Crippen LogP contribution in [0, 0.1) is 6.92 Å². The van der Waals surface area contributed by atoms with E-state index in [2.05, 4.69) is 36.6 Å². The van der Waals surface area contributed by atoms with E-state index in [1.54, 1.807) is 11.3 Å². The third-order valence-electron chi connectivity index (χ3n) is 3.17. The van der Waals surface area contributed by atoms with Gasteiger partial charge in [-0.1, -0.05) is 35.9 Å². The van der Waals surface area contributed by atoms with Crippen molar-refractivity contribution in [2.75, 3.05) is 5.73 Å². The number of aryl methyl sites for hydroxylation is 1. The summed E-state index contributed by atoms with van der Waals surface area (Å²) in [6.45, 7) is 2.10. The molecule has 0 aliphatic rings. The summed E-state index contributed by atoms with van der Waals surface area (Å²) in [4.78, 5) is 5.97. The van der Waals surface area contributed by atoms with E-state index in [1.807, 2.05) is 36.0 Å². The molecule has 0 fully saturated rings. The van der Waals surface area contributed by atoms with Crippen LogP contribution in [-0.2, 0) is 5.75 Å². The molecule has 106 valence electrons. The number of aromatic nitrogens is 1. The van der Waals surface area contributed by atoms with E-state index in [4.69, 9.17) is 10.7 Å². The molecule has 0 saturated heterocycles. The first kappa shape index (κ1) is 14.2. The quantitative estimate of drug-likeness (QED) is 0.544. The second kappa shape index (κ2) is 6.33. The molecule has 0 aliphatic heterocycles. The van der Waals surface area contributed by atoms with Gasteiger partial charge in [-0.15, -0.1) is 23.1 Å². The normalized spacial score (nSPS) is 10.7. The lowest BCUT2D eigenvalue weighted by molar-refractivity contribution is 1.26. The van der Waals surface area contributed by atoms with Gasteiger partial charge in [0.05, 0.1) is 11.4 Å². The third kappa shape index (κ3) is 3.46. The Bertz CT molecular complexity index is 733. The van der Waals surface area contributed by atoms with Gasteiger partial charge in [0.2, 0.25) is 0 Å². The maximum Gasteiger partial charge on any atom is 0.104 e. The van der Waals surface area contributed by atoms with Crippen molar-refractivity contribution in [2.45, 2.75) is 17.6 Å². The predicted molar refractivity (Wildman–Crippen MR) is 92.7 cm³/mol. The van der Waals surface area contributed by atoms with Gasteiger partial charge in [0.25, 0.3) is 0 Å². The van der Waals surface area contributed by atoms with Crippen LogP contribution >= 0.6 is 23.1 Å². The molecule has 0 atom stereocenters. The van der Waals surface area contributed by atoms with Gasteiger partial charge in [-0.25, -0.2) is 4.98 Å². The second-order valence-corrected chi connectivity index (χ2v) is 6.81. The van der Waals surface area contributed by atoms with Crippen molar-refractivity contribution in [1.82, 2.24) is 4.98 Å². The lowest BCUT2D eigenvalue weighted by atomic mass is 10.1. The number of nitrogen functional groups attached to an aromatic ring is 1. The van der Waals surface area contributed by atoms with Crippen molar-refractivity contribution in [1.29, 1.82) is 0 Å². The van der Waals surface area contributed by atoms with Crippen LogP contribution in [0.25, 0.3) is 11.3 Å². The highest BCUT2D eigenvalue weighted by Crippen LogP contribution is 2.30. The van der Waals surface area contributed by atoms with Crippen LogP contribution in [0.2, 0.25) is 0 Å². The molecule has 1 aromatic heterocycles. The topological polar surface area (TPSA) is 38.9 Å². The van der Waals surface area contributed by atoms with Gasteiger partial charge in [0.1, 0.15) is 5.01 Å². The van der Waals surface area contributed by atoms with Crippen LogP contribution in [0.1, 0.15) is 10.6 Å². The summed E-state index contributed by atoms with van der Waals surface area (Å²) >= 11 is 3.50. The Labute approximate surface area is 133 Å². The van der Waals surface area contributed by atoms with Crippen LogP contribution in [0.5, 0.6) is 0 Å². The molecule has 0 saturated carbocycles. The van der Waals surface area contributed by atoms with E-state index in [9.17, 15) is 0 Å². The zero-order chi connectivity index (χ0) is 14.7. The minimum absolute atomic E-state index is 0.778. The SMILES string of the molecule is Cc1ccc(SCc2nc(-c3ccccc3N)cs2)cc1. The number of thioether (sulfide) groups is 1. The molecule has 4 heteroatoms. The summed E-state index contributed by atoms with van der Waals surface area (Å²) in [6, 6.07) is 16.5. The fourth-order valence-corrected chi connectivity index (χ4v) is 3.72. The van der Waals surface area contributed by atoms with Gasteiger partial charge in [0, 0.05) is 21.5 Å². The van der Waals surface area contributed by atoms with E-state index in [1.165, 1.54) is 10.5 Å². The molecule has 2 nitrogen and oxygen atoms in total. The zero-order valence-corrected chi connectivity index (χ0v) is 13.4. The molecule has 3 aromatic rings. The van der Waals surface area contributed by atoms with E-state index in [-0.39, 0.29) is 0 Å². The van der Waals surface area contributed by atoms with Crippen LogP contribution in [0.15, 0.2) is 58.8 Å². The fraction of sp³-hybridized carbons (Fsp3) is 0.118. The minimum atomic E-state index is 0.778. The monoisotopic (exact) mass is 312 g/mol. The van der Waals surface area contributed by atoms with Gasteiger partial charge in [-0.3, -0.25) is 0 Å². The lowest BCUT2D eigenvalue weighted by Crippen LogP contribution is -1.89. The number of hydrogen-bond donors (Lipinski definition) is 1. The standard InChI is InChI=1S/C17H16N2S2/c1-12-6-8-13(9-7-12)20-11-17-19-16(10-21-17)14-4-2-3-5-15(14)18/h2-10H,11,18H2,1H3. The number of benzene rings is 2. The summed E-state index contributed by atoms with van der Waals surface area (Å²) in [6.07, 6.45) is 0. The van der Waals surface area contributed by atoms with Crippen molar-refractivity contribution in [3.8, 4) is 11.3 Å². The zero-order valence-electron chi connectivity index (χ0n) is 11.7. The highest BCUT2D eigenvalue weighted by molar-refractivity contribution is 7.98. The van der Waals surface area contributed by atoms with Crippen LogP contribution in [-0.4, -0.2) is 4.98 Å². The average Bonchev–Trinajstić information content (AvgIpc) is 2.96. The highest BCUT2D eigenvalue weighted by atomic mass is 32.2. The Balaban J connectivity index is 1.71. The van der Waals surface area contributed by atoms with Gasteiger partial charge < -0.3 is 5.73 Å². The Kier molecular flexibility index (Phi) is 4.27. The highest BCUT2D eigenvalue weighted by Gasteiger charge is 2.07. The lowest BCUT2D eigenvalue weighted by Gasteiger charge is -2.01. The molecule has 0 aliphatic carbocycles. The smallest absolute Gasteiger partial charge is 0.104 e. The number of nitrogens with zero attached hydrogens (tertiary/aromatic N) is 1. The van der Waals surface area contributed by atoms with Crippen molar-refractivity contribution >= 4 is 28.8 Å². The number of nitrogens with two attached hydrogens (primary N) is 1. The van der Waals surface area contributed by atoms with E-state index >= 15 is 0 Å². The van der Waals surface area contributed by atoms with E-state index in [0.29, 0.717) is 0 Å². The largest absolute Gasteiger partial charge is 0.398 e. The van der Waals surface area contributed by atoms with Crippen molar-refractivity contribution < 1.29 is 0 Å². The van der Waals surface area contributed by atoms with Gasteiger partial charge in [-0.05, 0) is 25.1 Å². The number of thiazole rings is 1. The van der Waals surface area contributed by atoms with Crippen LogP contribution < -0.4 is 5.73 Å². The molecule has 0 spiro atoms. The second-order valence-electron chi connectivity index (χ2n) is 4.82. The number of para-hydroxylation sites is 1. The maximum atomic E-state index is 6.00. The summed E-state index contributed by atoms with van der Waals surface area (Å²) in [7, 11) is 0. The predicted octanol–water partition coefficient (Wildman–Crippen LogP) is 4.99. The van der Waals surface area contributed by atoms with Crippen molar-refractivity contribution in [3.05, 3.63) is 64.5 Å². The Morgan fingerprint density at radius 3 is 2.62 bits per heavy atom. The molecule has 2 N–H and O–H groups in total.